The van der Waals surface area contributed by atoms with Crippen molar-refractivity contribution in [3.05, 3.63) is 44.1 Å². The van der Waals surface area contributed by atoms with E-state index in [9.17, 15) is 9.59 Å². The third-order valence-corrected chi connectivity index (χ3v) is 4.19. The van der Waals surface area contributed by atoms with E-state index in [1.54, 1.807) is 18.2 Å². The van der Waals surface area contributed by atoms with Gasteiger partial charge in [-0.15, -0.1) is 0 Å². The molecule has 1 N–H and O–H groups in total. The molecule has 1 unspecified atom stereocenters. The van der Waals surface area contributed by atoms with E-state index in [4.69, 9.17) is 11.6 Å². The lowest BCUT2D eigenvalue weighted by atomic mass is 10.2. The van der Waals surface area contributed by atoms with E-state index >= 15 is 0 Å². The van der Waals surface area contributed by atoms with E-state index in [0.717, 1.165) is 26.1 Å². The number of fused-ring (bicyclic) bond motifs is 1. The number of hydrogen-bond acceptors (Lipinski definition) is 3. The number of likely N-dealkylation sites (tertiary alicyclic amines) is 1. The van der Waals surface area contributed by atoms with Gasteiger partial charge in [-0.1, -0.05) is 18.5 Å². The molecule has 1 aromatic heterocycles. The Morgan fingerprint density at radius 1 is 1.40 bits per heavy atom. The quantitative estimate of drug-likeness (QED) is 0.915. The largest absolute Gasteiger partial charge is 0.329 e. The van der Waals surface area contributed by atoms with Crippen LogP contribution >= 0.6 is 11.6 Å². The normalized spacial score (nSPS) is 19.8. The first-order valence-electron chi connectivity index (χ1n) is 6.76. The number of rotatable bonds is 2. The fourth-order valence-corrected chi connectivity index (χ4v) is 3.01. The molecule has 0 saturated carbocycles. The maximum Gasteiger partial charge on any atom is 0.329 e. The molecule has 1 aliphatic rings. The van der Waals surface area contributed by atoms with Crippen LogP contribution in [0.1, 0.15) is 19.4 Å². The monoisotopic (exact) mass is 293 g/mol. The van der Waals surface area contributed by atoms with Gasteiger partial charge in [-0.2, -0.15) is 0 Å². The van der Waals surface area contributed by atoms with Crippen LogP contribution in [0, 0.1) is 0 Å². The molecule has 3 rings (SSSR count). The molecule has 0 spiro atoms. The summed E-state index contributed by atoms with van der Waals surface area (Å²) in [6.07, 6.45) is 0.822. The smallest absolute Gasteiger partial charge is 0.307 e. The highest BCUT2D eigenvalue weighted by Gasteiger charge is 2.25. The number of H-pyrrole nitrogens is 1. The van der Waals surface area contributed by atoms with Crippen LogP contribution in [0.2, 0.25) is 5.02 Å². The number of hydrogen-bond donors (Lipinski definition) is 1. The number of halogens is 1. The molecule has 5 nitrogen and oxygen atoms in total. The molecule has 0 radical (unpaired) electrons. The van der Waals surface area contributed by atoms with E-state index in [-0.39, 0.29) is 17.3 Å². The van der Waals surface area contributed by atoms with Crippen molar-refractivity contribution < 1.29 is 0 Å². The second-order valence-corrected chi connectivity index (χ2v) is 5.57. The van der Waals surface area contributed by atoms with Crippen LogP contribution in [0.5, 0.6) is 0 Å². The maximum absolute atomic E-state index is 12.5. The minimum Gasteiger partial charge on any atom is -0.307 e. The number of nitrogens with zero attached hydrogens (tertiary/aromatic N) is 2. The molecular weight excluding hydrogens is 278 g/mol. The van der Waals surface area contributed by atoms with Crippen LogP contribution < -0.4 is 11.2 Å². The van der Waals surface area contributed by atoms with Gasteiger partial charge in [-0.3, -0.25) is 9.36 Å². The van der Waals surface area contributed by atoms with Crippen molar-refractivity contribution in [3.63, 3.8) is 0 Å². The Morgan fingerprint density at radius 3 is 2.90 bits per heavy atom. The number of aromatic amines is 1. The summed E-state index contributed by atoms with van der Waals surface area (Å²) in [6.45, 7) is 4.67. The van der Waals surface area contributed by atoms with Gasteiger partial charge in [0.1, 0.15) is 0 Å². The third kappa shape index (κ3) is 2.17. The van der Waals surface area contributed by atoms with Gasteiger partial charge >= 0.3 is 5.69 Å². The summed E-state index contributed by atoms with van der Waals surface area (Å²) in [5.74, 6) is 0. The minimum atomic E-state index is -0.340. The Kier molecular flexibility index (Phi) is 3.40. The van der Waals surface area contributed by atoms with Crippen LogP contribution in [0.3, 0.4) is 0 Å². The molecule has 2 heterocycles. The summed E-state index contributed by atoms with van der Waals surface area (Å²) in [5, 5.41) is 0.960. The zero-order valence-electron chi connectivity index (χ0n) is 11.2. The number of benzene rings is 1. The Hall–Kier alpha value is -1.59. The van der Waals surface area contributed by atoms with Crippen molar-refractivity contribution in [2.24, 2.45) is 0 Å². The Morgan fingerprint density at radius 2 is 2.20 bits per heavy atom. The van der Waals surface area contributed by atoms with E-state index in [2.05, 4.69) is 16.8 Å². The van der Waals surface area contributed by atoms with Gasteiger partial charge in [-0.25, -0.2) is 4.79 Å². The molecule has 0 bridgehead atoms. The van der Waals surface area contributed by atoms with Gasteiger partial charge in [-0.05, 0) is 31.2 Å². The standard InChI is InChI=1S/C14H16ClN3O2/c1-2-17-6-5-10(8-17)18-13(19)11-7-9(15)3-4-12(11)16-14(18)20/h3-4,7,10H,2,5-6,8H2,1H3,(H,16,20). The van der Waals surface area contributed by atoms with Gasteiger partial charge in [0.2, 0.25) is 0 Å². The van der Waals surface area contributed by atoms with Crippen molar-refractivity contribution in [1.29, 1.82) is 0 Å². The Bertz CT molecular complexity index is 765. The molecule has 1 aliphatic heterocycles. The molecule has 1 atom stereocenters. The highest BCUT2D eigenvalue weighted by molar-refractivity contribution is 6.31. The van der Waals surface area contributed by atoms with Crippen LogP contribution in [0.15, 0.2) is 27.8 Å². The van der Waals surface area contributed by atoms with Crippen LogP contribution in [-0.2, 0) is 0 Å². The topological polar surface area (TPSA) is 58.1 Å². The van der Waals surface area contributed by atoms with E-state index in [1.807, 2.05) is 0 Å². The fraction of sp³-hybridized carbons (Fsp3) is 0.429. The molecular formula is C14H16ClN3O2. The van der Waals surface area contributed by atoms with Crippen LogP contribution in [0.25, 0.3) is 10.9 Å². The molecule has 1 fully saturated rings. The first kappa shape index (κ1) is 13.4. The van der Waals surface area contributed by atoms with Gasteiger partial charge in [0, 0.05) is 18.1 Å². The zero-order chi connectivity index (χ0) is 14.3. The molecule has 20 heavy (non-hydrogen) atoms. The molecule has 6 heteroatoms. The van der Waals surface area contributed by atoms with Crippen molar-refractivity contribution >= 4 is 22.5 Å². The lowest BCUT2D eigenvalue weighted by Gasteiger charge is -2.15. The summed E-state index contributed by atoms with van der Waals surface area (Å²) in [5.41, 5.74) is -0.0621. The maximum atomic E-state index is 12.5. The third-order valence-electron chi connectivity index (χ3n) is 3.95. The van der Waals surface area contributed by atoms with E-state index < -0.39 is 0 Å². The predicted octanol–water partition coefficient (Wildman–Crippen LogP) is 1.61. The average molecular weight is 294 g/mol. The number of aromatic nitrogens is 2. The second kappa shape index (κ2) is 5.07. The summed E-state index contributed by atoms with van der Waals surface area (Å²) in [7, 11) is 0. The molecule has 0 amide bonds. The second-order valence-electron chi connectivity index (χ2n) is 5.13. The summed E-state index contributed by atoms with van der Waals surface area (Å²) >= 11 is 5.94. The first-order chi connectivity index (χ1) is 9.60. The zero-order valence-corrected chi connectivity index (χ0v) is 12.0. The van der Waals surface area contributed by atoms with E-state index in [1.165, 1.54) is 4.57 Å². The van der Waals surface area contributed by atoms with Gasteiger partial charge in [0.05, 0.1) is 16.9 Å². The molecule has 1 saturated heterocycles. The van der Waals surface area contributed by atoms with Crippen molar-refractivity contribution in [3.8, 4) is 0 Å². The first-order valence-corrected chi connectivity index (χ1v) is 7.14. The van der Waals surface area contributed by atoms with Crippen molar-refractivity contribution in [2.45, 2.75) is 19.4 Å². The van der Waals surface area contributed by atoms with Crippen LogP contribution in [0.4, 0.5) is 0 Å². The van der Waals surface area contributed by atoms with Crippen molar-refractivity contribution in [1.82, 2.24) is 14.5 Å². The number of likely N-dealkylation sites (N-methyl/N-ethyl adjacent to an activating group) is 1. The summed E-state index contributed by atoms with van der Waals surface area (Å²) in [4.78, 5) is 29.7. The lowest BCUT2D eigenvalue weighted by Crippen LogP contribution is -2.39. The Labute approximate surface area is 120 Å². The van der Waals surface area contributed by atoms with Crippen LogP contribution in [-0.4, -0.2) is 34.1 Å². The molecule has 2 aromatic rings. The minimum absolute atomic E-state index is 0.0606. The van der Waals surface area contributed by atoms with E-state index in [0.29, 0.717) is 15.9 Å². The van der Waals surface area contributed by atoms with Crippen molar-refractivity contribution in [2.75, 3.05) is 19.6 Å². The predicted molar refractivity (Wildman–Crippen MR) is 79.6 cm³/mol. The fourth-order valence-electron chi connectivity index (χ4n) is 2.84. The molecule has 1 aromatic carbocycles. The van der Waals surface area contributed by atoms with Gasteiger partial charge in [0.15, 0.2) is 0 Å². The molecule has 106 valence electrons. The van der Waals surface area contributed by atoms with Gasteiger partial charge < -0.3 is 9.88 Å². The lowest BCUT2D eigenvalue weighted by molar-refractivity contribution is 0.338. The summed E-state index contributed by atoms with van der Waals surface area (Å²) < 4.78 is 1.34. The SMILES string of the molecule is CCN1CCC(n2c(=O)[nH]c3ccc(Cl)cc3c2=O)C1. The highest BCUT2D eigenvalue weighted by Crippen LogP contribution is 2.19. The Balaban J connectivity index is 2.16. The number of nitrogens with one attached hydrogen (secondary N) is 1. The van der Waals surface area contributed by atoms with Gasteiger partial charge in [0.25, 0.3) is 5.56 Å². The highest BCUT2D eigenvalue weighted by atomic mass is 35.5. The summed E-state index contributed by atoms with van der Waals surface area (Å²) in [6, 6.07) is 4.88. The average Bonchev–Trinajstić information content (AvgIpc) is 2.88. The molecule has 0 aliphatic carbocycles.